The summed E-state index contributed by atoms with van der Waals surface area (Å²) in [4.78, 5) is 36.3. The number of nitrogens with one attached hydrogen (secondary N) is 2. The van der Waals surface area contributed by atoms with Gasteiger partial charge in [-0.25, -0.2) is 4.68 Å². The highest BCUT2D eigenvalue weighted by Crippen LogP contribution is 2.26. The second kappa shape index (κ2) is 11.0. The van der Waals surface area contributed by atoms with Gasteiger partial charge in [-0.1, -0.05) is 44.1 Å². The molecule has 0 bridgehead atoms. The first-order valence-corrected chi connectivity index (χ1v) is 11.7. The van der Waals surface area contributed by atoms with Crippen molar-refractivity contribution in [2.75, 3.05) is 28.7 Å². The highest BCUT2D eigenvalue weighted by Gasteiger charge is 2.22. The van der Waals surface area contributed by atoms with Crippen molar-refractivity contribution in [3.8, 4) is 5.69 Å². The Bertz CT molecular complexity index is 1150. The molecule has 2 aromatic heterocycles. The molecule has 1 aromatic carbocycles. The average molecular weight is 486 g/mol. The lowest BCUT2D eigenvalue weighted by Gasteiger charge is -2.14. The second-order valence-corrected chi connectivity index (χ2v) is 9.47. The van der Waals surface area contributed by atoms with E-state index in [9.17, 15) is 14.4 Å². The fraction of sp³-hybridized carbons (Fsp3) is 0.348. The molecule has 180 valence electrons. The molecule has 2 amide bonds. The molecular formula is C23H27N5O5S. The van der Waals surface area contributed by atoms with Gasteiger partial charge in [0.15, 0.2) is 12.4 Å². The van der Waals surface area contributed by atoms with Gasteiger partial charge in [0.2, 0.25) is 5.91 Å². The number of nitrogens with zero attached hydrogens (tertiary/aromatic N) is 3. The van der Waals surface area contributed by atoms with Gasteiger partial charge in [-0.3, -0.25) is 14.4 Å². The molecule has 0 aliphatic carbocycles. The molecule has 2 heterocycles. The Morgan fingerprint density at radius 2 is 1.79 bits per heavy atom. The topological polar surface area (TPSA) is 128 Å². The van der Waals surface area contributed by atoms with Crippen LogP contribution in [0.25, 0.3) is 5.69 Å². The Balaban J connectivity index is 1.48. The van der Waals surface area contributed by atoms with Crippen molar-refractivity contribution in [1.29, 1.82) is 0 Å². The van der Waals surface area contributed by atoms with Crippen LogP contribution < -0.4 is 10.6 Å². The first-order valence-electron chi connectivity index (χ1n) is 10.5. The van der Waals surface area contributed by atoms with Crippen molar-refractivity contribution in [2.45, 2.75) is 33.1 Å². The summed E-state index contributed by atoms with van der Waals surface area (Å²) in [5.41, 5.74) is 1.38. The Morgan fingerprint density at radius 3 is 2.44 bits per heavy atom. The Labute approximate surface area is 201 Å². The minimum atomic E-state index is -0.600. The number of benzene rings is 1. The van der Waals surface area contributed by atoms with E-state index >= 15 is 0 Å². The number of amides is 2. The summed E-state index contributed by atoms with van der Waals surface area (Å²) in [7, 11) is 0. The van der Waals surface area contributed by atoms with E-state index in [2.05, 4.69) is 20.9 Å². The Morgan fingerprint density at radius 1 is 1.06 bits per heavy atom. The third-order valence-corrected chi connectivity index (χ3v) is 5.36. The zero-order valence-corrected chi connectivity index (χ0v) is 20.3. The van der Waals surface area contributed by atoms with E-state index in [0.29, 0.717) is 17.4 Å². The molecule has 3 rings (SSSR count). The van der Waals surface area contributed by atoms with Crippen LogP contribution in [0.2, 0.25) is 0 Å². The van der Waals surface area contributed by atoms with Crippen molar-refractivity contribution in [3.63, 3.8) is 0 Å². The van der Waals surface area contributed by atoms with Crippen LogP contribution in [0.15, 0.2) is 47.0 Å². The molecule has 0 spiro atoms. The lowest BCUT2D eigenvalue weighted by Crippen LogP contribution is -2.23. The van der Waals surface area contributed by atoms with E-state index in [1.807, 2.05) is 51.1 Å². The van der Waals surface area contributed by atoms with Gasteiger partial charge < -0.3 is 19.9 Å². The number of esters is 1. The van der Waals surface area contributed by atoms with Crippen molar-refractivity contribution in [2.24, 2.45) is 0 Å². The Hall–Kier alpha value is -3.60. The molecule has 3 aromatic rings. The molecule has 0 atom stereocenters. The number of anilines is 2. The van der Waals surface area contributed by atoms with Gasteiger partial charge in [0.1, 0.15) is 11.6 Å². The van der Waals surface area contributed by atoms with Crippen molar-refractivity contribution < 1.29 is 23.6 Å². The van der Waals surface area contributed by atoms with E-state index in [4.69, 9.17) is 9.26 Å². The van der Waals surface area contributed by atoms with E-state index in [-0.39, 0.29) is 22.8 Å². The Kier molecular flexibility index (Phi) is 8.11. The minimum Gasteiger partial charge on any atom is -0.455 e. The normalized spacial score (nSPS) is 11.2. The number of hydrogen-bond acceptors (Lipinski definition) is 8. The SMILES string of the molecule is Cc1cc(NC(=O)CSCC(=O)OCC(=O)Nc2cc(C(C)(C)C)nn2-c2ccccc2)no1. The van der Waals surface area contributed by atoms with E-state index < -0.39 is 18.5 Å². The van der Waals surface area contributed by atoms with Gasteiger partial charge >= 0.3 is 5.97 Å². The standard InChI is InChI=1S/C23H27N5O5S/c1-15-10-18(27-33-15)24-21(30)13-34-14-22(31)32-12-20(29)25-19-11-17(23(2,3)4)26-28(19)16-8-6-5-7-9-16/h5-11H,12-14H2,1-4H3,(H,25,29)(H,24,27,30). The summed E-state index contributed by atoms with van der Waals surface area (Å²) in [5.74, 6) is -0.0996. The third-order valence-electron chi connectivity index (χ3n) is 4.46. The van der Waals surface area contributed by atoms with Crippen LogP contribution in [-0.4, -0.2) is 50.8 Å². The molecular weight excluding hydrogens is 458 g/mol. The number of carbonyl (C=O) groups excluding carboxylic acids is 3. The summed E-state index contributed by atoms with van der Waals surface area (Å²) in [5, 5.41) is 13.6. The second-order valence-electron chi connectivity index (χ2n) is 8.48. The van der Waals surface area contributed by atoms with Gasteiger partial charge in [-0.15, -0.1) is 11.8 Å². The first kappa shape index (κ1) is 25.0. The van der Waals surface area contributed by atoms with Crippen LogP contribution in [0, 0.1) is 6.92 Å². The van der Waals surface area contributed by atoms with Gasteiger partial charge in [0.05, 0.1) is 22.9 Å². The number of rotatable bonds is 9. The molecule has 0 radical (unpaired) electrons. The quantitative estimate of drug-likeness (QED) is 0.442. The van der Waals surface area contributed by atoms with Crippen LogP contribution in [0.5, 0.6) is 0 Å². The van der Waals surface area contributed by atoms with Crippen LogP contribution >= 0.6 is 11.8 Å². The number of aromatic nitrogens is 3. The van der Waals surface area contributed by atoms with Crippen molar-refractivity contribution in [1.82, 2.24) is 14.9 Å². The molecule has 0 unspecified atom stereocenters. The molecule has 34 heavy (non-hydrogen) atoms. The summed E-state index contributed by atoms with van der Waals surface area (Å²) < 4.78 is 11.5. The smallest absolute Gasteiger partial charge is 0.316 e. The van der Waals surface area contributed by atoms with E-state index in [1.54, 1.807) is 23.7 Å². The van der Waals surface area contributed by atoms with Gasteiger partial charge in [-0.2, -0.15) is 5.10 Å². The molecule has 2 N–H and O–H groups in total. The highest BCUT2D eigenvalue weighted by atomic mass is 32.2. The number of para-hydroxylation sites is 1. The maximum absolute atomic E-state index is 12.4. The molecule has 0 saturated heterocycles. The molecule has 10 nitrogen and oxygen atoms in total. The molecule has 0 aliphatic rings. The maximum atomic E-state index is 12.4. The van der Waals surface area contributed by atoms with Crippen LogP contribution in [0.1, 0.15) is 32.2 Å². The summed E-state index contributed by atoms with van der Waals surface area (Å²) in [6.45, 7) is 7.35. The van der Waals surface area contributed by atoms with Gasteiger partial charge in [0.25, 0.3) is 5.91 Å². The zero-order chi connectivity index (χ0) is 24.7. The lowest BCUT2D eigenvalue weighted by molar-refractivity contribution is -0.144. The van der Waals surface area contributed by atoms with Crippen molar-refractivity contribution in [3.05, 3.63) is 53.9 Å². The first-order chi connectivity index (χ1) is 16.1. The van der Waals surface area contributed by atoms with Gasteiger partial charge in [-0.05, 0) is 19.1 Å². The number of thioether (sulfide) groups is 1. The number of carbonyl (C=O) groups is 3. The zero-order valence-electron chi connectivity index (χ0n) is 19.5. The molecule has 0 fully saturated rings. The third kappa shape index (κ3) is 7.20. The summed E-state index contributed by atoms with van der Waals surface area (Å²) in [6, 6.07) is 12.8. The fourth-order valence-corrected chi connectivity index (χ4v) is 3.41. The molecule has 11 heteroatoms. The molecule has 0 aliphatic heterocycles. The minimum absolute atomic E-state index is 0.0268. The monoisotopic (exact) mass is 485 g/mol. The van der Waals surface area contributed by atoms with E-state index in [0.717, 1.165) is 23.1 Å². The van der Waals surface area contributed by atoms with Crippen LogP contribution in [0.3, 0.4) is 0 Å². The average Bonchev–Trinajstić information content (AvgIpc) is 3.39. The van der Waals surface area contributed by atoms with Crippen LogP contribution in [0.4, 0.5) is 11.6 Å². The number of aryl methyl sites for hydroxylation is 1. The summed E-state index contributed by atoms with van der Waals surface area (Å²) in [6.07, 6.45) is 0. The number of ether oxygens (including phenoxy) is 1. The number of hydrogen-bond donors (Lipinski definition) is 2. The summed E-state index contributed by atoms with van der Waals surface area (Å²) >= 11 is 1.07. The highest BCUT2D eigenvalue weighted by molar-refractivity contribution is 8.00. The van der Waals surface area contributed by atoms with Gasteiger partial charge in [0, 0.05) is 17.5 Å². The molecule has 0 saturated carbocycles. The maximum Gasteiger partial charge on any atom is 0.316 e. The largest absolute Gasteiger partial charge is 0.455 e. The fourth-order valence-electron chi connectivity index (χ4n) is 2.80. The predicted molar refractivity (Wildman–Crippen MR) is 129 cm³/mol. The predicted octanol–water partition coefficient (Wildman–Crippen LogP) is 3.32. The van der Waals surface area contributed by atoms with E-state index in [1.165, 1.54) is 0 Å². The van der Waals surface area contributed by atoms with Crippen molar-refractivity contribution >= 4 is 41.2 Å². The van der Waals surface area contributed by atoms with Crippen LogP contribution in [-0.2, 0) is 24.5 Å². The lowest BCUT2D eigenvalue weighted by atomic mass is 9.92.